The molecular weight excluding hydrogens is 196 g/mol. The predicted octanol–water partition coefficient (Wildman–Crippen LogP) is 1.23. The van der Waals surface area contributed by atoms with E-state index in [-0.39, 0.29) is 0 Å². The van der Waals surface area contributed by atoms with Crippen molar-refractivity contribution in [3.05, 3.63) is 38.4 Å². The van der Waals surface area contributed by atoms with Crippen LogP contribution in [-0.4, -0.2) is 9.85 Å². The second-order valence-electron chi connectivity index (χ2n) is 2.25. The van der Waals surface area contributed by atoms with Crippen molar-refractivity contribution in [3.8, 4) is 5.75 Å². The van der Waals surface area contributed by atoms with E-state index in [4.69, 9.17) is 0 Å². The minimum absolute atomic E-state index is 0.475. The summed E-state index contributed by atoms with van der Waals surface area (Å²) in [7, 11) is 0. The van der Waals surface area contributed by atoms with E-state index in [2.05, 4.69) is 4.89 Å². The van der Waals surface area contributed by atoms with E-state index in [0.29, 0.717) is 6.07 Å². The van der Waals surface area contributed by atoms with Gasteiger partial charge in [0, 0.05) is 11.3 Å². The van der Waals surface area contributed by atoms with Crippen LogP contribution in [0.2, 0.25) is 0 Å². The average Bonchev–Trinajstić information content (AvgIpc) is 2.16. The monoisotopic (exact) mass is 199 g/mol. The average molecular weight is 199 g/mol. The minimum Gasteiger partial charge on any atom is -0.298 e. The summed E-state index contributed by atoms with van der Waals surface area (Å²) in [5, 5.41) is 30.5. The molecule has 0 aromatic heterocycles. The molecule has 0 atom stereocenters. The molecule has 1 rings (SSSR count). The highest BCUT2D eigenvalue weighted by molar-refractivity contribution is 5.53. The van der Waals surface area contributed by atoms with Gasteiger partial charge >= 0.3 is 5.69 Å². The van der Waals surface area contributed by atoms with Crippen molar-refractivity contribution in [3.63, 3.8) is 0 Å². The second kappa shape index (κ2) is 3.66. The van der Waals surface area contributed by atoms with Crippen LogP contribution >= 0.6 is 0 Å². The highest BCUT2D eigenvalue weighted by Gasteiger charge is 2.20. The number of nitro groups is 2. The largest absolute Gasteiger partial charge is 0.322 e. The van der Waals surface area contributed by atoms with Crippen LogP contribution in [0.25, 0.3) is 0 Å². The number of benzene rings is 1. The van der Waals surface area contributed by atoms with Crippen molar-refractivity contribution >= 4 is 11.4 Å². The van der Waals surface area contributed by atoms with Crippen LogP contribution < -0.4 is 4.89 Å². The first-order chi connectivity index (χ1) is 6.56. The number of non-ortho nitro benzene ring substituents is 1. The van der Waals surface area contributed by atoms with Crippen LogP contribution in [0.15, 0.2) is 18.2 Å². The van der Waals surface area contributed by atoms with Crippen LogP contribution in [0.4, 0.5) is 11.4 Å². The SMILES string of the molecule is [O]Oc1ccc([N+](=O)[O-])cc1[N+](=O)[O-]. The van der Waals surface area contributed by atoms with Gasteiger partial charge in [-0.2, -0.15) is 0 Å². The normalized spacial score (nSPS) is 9.50. The Morgan fingerprint density at radius 1 is 1.14 bits per heavy atom. The smallest absolute Gasteiger partial charge is 0.298 e. The summed E-state index contributed by atoms with van der Waals surface area (Å²) >= 11 is 0. The van der Waals surface area contributed by atoms with Gasteiger partial charge < -0.3 is 0 Å². The highest BCUT2D eigenvalue weighted by atomic mass is 17.1. The molecule has 8 nitrogen and oxygen atoms in total. The van der Waals surface area contributed by atoms with Gasteiger partial charge in [-0.3, -0.25) is 25.1 Å². The molecule has 0 amide bonds. The Balaban J connectivity index is 3.27. The molecule has 1 aromatic carbocycles. The van der Waals surface area contributed by atoms with E-state index in [0.717, 1.165) is 12.1 Å². The summed E-state index contributed by atoms with van der Waals surface area (Å²) in [6, 6.07) is 2.48. The van der Waals surface area contributed by atoms with Gasteiger partial charge in [-0.1, -0.05) is 0 Å². The zero-order valence-electron chi connectivity index (χ0n) is 6.58. The molecule has 1 aromatic rings. The molecule has 0 aliphatic rings. The fourth-order valence-electron chi connectivity index (χ4n) is 0.832. The predicted molar refractivity (Wildman–Crippen MR) is 41.1 cm³/mol. The zero-order valence-corrected chi connectivity index (χ0v) is 6.58. The lowest BCUT2D eigenvalue weighted by Gasteiger charge is -1.96. The summed E-state index contributed by atoms with van der Waals surface area (Å²) in [5.74, 6) is -0.555. The fraction of sp³-hybridized carbons (Fsp3) is 0. The summed E-state index contributed by atoms with van der Waals surface area (Å²) < 4.78 is 0. The molecule has 0 N–H and O–H groups in total. The molecule has 0 fully saturated rings. The van der Waals surface area contributed by atoms with Gasteiger partial charge in [0.15, 0.2) is 0 Å². The lowest BCUT2D eigenvalue weighted by molar-refractivity contribution is -0.396. The topological polar surface area (TPSA) is 115 Å². The fourth-order valence-corrected chi connectivity index (χ4v) is 0.832. The zero-order chi connectivity index (χ0) is 10.7. The van der Waals surface area contributed by atoms with Gasteiger partial charge in [0.25, 0.3) is 5.69 Å². The van der Waals surface area contributed by atoms with Crippen LogP contribution in [0.5, 0.6) is 5.75 Å². The number of nitrogens with zero attached hydrogens (tertiary/aromatic N) is 2. The van der Waals surface area contributed by atoms with Crippen LogP contribution in [-0.2, 0) is 5.26 Å². The maximum Gasteiger partial charge on any atom is 0.322 e. The van der Waals surface area contributed by atoms with Crippen LogP contribution in [0, 0.1) is 20.2 Å². The van der Waals surface area contributed by atoms with Crippen LogP contribution in [0.3, 0.4) is 0 Å². The van der Waals surface area contributed by atoms with Gasteiger partial charge in [0.1, 0.15) is 0 Å². The standard InChI is InChI=1S/C6H3N2O6/c9-7(10)4-1-2-6(14-13)5(3-4)8(11)12/h1-3H. The van der Waals surface area contributed by atoms with E-state index in [1.165, 1.54) is 0 Å². The molecule has 0 aliphatic heterocycles. The lowest BCUT2D eigenvalue weighted by atomic mass is 10.2. The Kier molecular flexibility index (Phi) is 2.58. The third-order valence-corrected chi connectivity index (χ3v) is 1.44. The lowest BCUT2D eigenvalue weighted by Crippen LogP contribution is -1.95. The van der Waals surface area contributed by atoms with Crippen molar-refractivity contribution in [1.82, 2.24) is 0 Å². The third-order valence-electron chi connectivity index (χ3n) is 1.44. The summed E-state index contributed by atoms with van der Waals surface area (Å²) in [6.45, 7) is 0. The number of rotatable bonds is 3. The molecule has 0 aliphatic carbocycles. The van der Waals surface area contributed by atoms with Crippen LogP contribution in [0.1, 0.15) is 0 Å². The van der Waals surface area contributed by atoms with E-state index >= 15 is 0 Å². The van der Waals surface area contributed by atoms with E-state index in [9.17, 15) is 25.5 Å². The first kappa shape index (κ1) is 9.86. The van der Waals surface area contributed by atoms with E-state index in [1.54, 1.807) is 0 Å². The third kappa shape index (κ3) is 1.75. The number of hydrogen-bond donors (Lipinski definition) is 0. The quantitative estimate of drug-likeness (QED) is 0.412. The van der Waals surface area contributed by atoms with Gasteiger partial charge in [0.2, 0.25) is 5.75 Å². The Morgan fingerprint density at radius 3 is 2.21 bits per heavy atom. The first-order valence-corrected chi connectivity index (χ1v) is 3.29. The molecule has 0 unspecified atom stereocenters. The molecule has 14 heavy (non-hydrogen) atoms. The molecule has 0 spiro atoms. The van der Waals surface area contributed by atoms with Crippen molar-refractivity contribution in [2.75, 3.05) is 0 Å². The van der Waals surface area contributed by atoms with Crippen molar-refractivity contribution in [2.45, 2.75) is 0 Å². The Bertz CT molecular complexity index is 390. The molecule has 0 bridgehead atoms. The maximum absolute atomic E-state index is 10.3. The van der Waals surface area contributed by atoms with Gasteiger partial charge in [0.05, 0.1) is 15.9 Å². The Labute approximate surface area is 76.6 Å². The number of hydrogen-bond acceptors (Lipinski definition) is 5. The molecule has 73 valence electrons. The first-order valence-electron chi connectivity index (χ1n) is 3.29. The summed E-state index contributed by atoms with van der Waals surface area (Å²) in [6.07, 6.45) is 0. The molecule has 8 heteroatoms. The molecule has 0 heterocycles. The van der Waals surface area contributed by atoms with Gasteiger partial charge in [-0.25, -0.2) is 0 Å². The second-order valence-corrected chi connectivity index (χ2v) is 2.25. The summed E-state index contributed by atoms with van der Waals surface area (Å²) in [4.78, 5) is 22.3. The molecule has 0 saturated heterocycles. The van der Waals surface area contributed by atoms with Crippen molar-refractivity contribution in [1.29, 1.82) is 0 Å². The number of nitro benzene ring substituents is 2. The molecule has 0 saturated carbocycles. The minimum atomic E-state index is -0.930. The van der Waals surface area contributed by atoms with Crippen molar-refractivity contribution in [2.24, 2.45) is 0 Å². The molecular formula is C6H3N2O6. The van der Waals surface area contributed by atoms with Gasteiger partial charge in [-0.05, 0) is 6.07 Å². The highest BCUT2D eigenvalue weighted by Crippen LogP contribution is 2.30. The van der Waals surface area contributed by atoms with Crippen molar-refractivity contribution < 1.29 is 20.0 Å². The molecule has 1 radical (unpaired) electrons. The van der Waals surface area contributed by atoms with E-state index < -0.39 is 27.0 Å². The Morgan fingerprint density at radius 2 is 1.79 bits per heavy atom. The Hall–Kier alpha value is -2.22. The maximum atomic E-state index is 10.3. The summed E-state index contributed by atoms with van der Waals surface area (Å²) in [5.41, 5.74) is -1.20. The van der Waals surface area contributed by atoms with E-state index in [1.807, 2.05) is 0 Å². The van der Waals surface area contributed by atoms with Gasteiger partial charge in [-0.15, -0.1) is 0 Å².